The summed E-state index contributed by atoms with van der Waals surface area (Å²) in [5.74, 6) is 0.763. The minimum Gasteiger partial charge on any atom is -0.486 e. The first-order valence-electron chi connectivity index (χ1n) is 9.19. The maximum atomic E-state index is 12.8. The van der Waals surface area contributed by atoms with Crippen molar-refractivity contribution in [3.63, 3.8) is 0 Å². The molecule has 7 nitrogen and oxygen atoms in total. The van der Waals surface area contributed by atoms with Crippen LogP contribution in [0.1, 0.15) is 23.7 Å². The number of fused-ring (bicyclic) bond motifs is 2. The molecule has 0 saturated heterocycles. The molecule has 3 aromatic rings. The highest BCUT2D eigenvalue weighted by atomic mass is 32.2. The summed E-state index contributed by atoms with van der Waals surface area (Å²) in [7, 11) is -3.31. The molecular formula is C20H20N2O5S2. The van der Waals surface area contributed by atoms with Crippen molar-refractivity contribution in [3.05, 3.63) is 46.8 Å². The predicted octanol–water partition coefficient (Wildman–Crippen LogP) is 3.03. The second-order valence-corrected chi connectivity index (χ2v) is 9.74. The first kappa shape index (κ1) is 19.7. The van der Waals surface area contributed by atoms with E-state index >= 15 is 0 Å². The Morgan fingerprint density at radius 1 is 1.14 bits per heavy atom. The highest BCUT2D eigenvalue weighted by Gasteiger charge is 2.16. The molecule has 9 heteroatoms. The van der Waals surface area contributed by atoms with Gasteiger partial charge in [0.2, 0.25) is 0 Å². The van der Waals surface area contributed by atoms with Crippen molar-refractivity contribution in [2.75, 3.05) is 19.5 Å². The first-order valence-corrected chi connectivity index (χ1v) is 11.9. The summed E-state index contributed by atoms with van der Waals surface area (Å²) < 4.78 is 37.5. The predicted molar refractivity (Wildman–Crippen MR) is 111 cm³/mol. The fourth-order valence-electron chi connectivity index (χ4n) is 3.14. The number of aryl methyl sites for hydroxylation is 1. The summed E-state index contributed by atoms with van der Waals surface area (Å²) in [5, 5.41) is 0. The summed E-state index contributed by atoms with van der Waals surface area (Å²) in [6, 6.07) is 10.0. The standard InChI is InChI=1S/C20H20N2O5S2/c1-3-8-22-15-6-5-14(29(2,24)25)12-18(15)28-20(22)21-19(23)13-4-7-16-17(11-13)27-10-9-26-16/h4-7,11-12H,3,8-10H2,1-2H3. The van der Waals surface area contributed by atoms with Crippen LogP contribution in [0.4, 0.5) is 0 Å². The molecule has 0 atom stereocenters. The molecule has 152 valence electrons. The van der Waals surface area contributed by atoms with Crippen LogP contribution in [0.15, 0.2) is 46.3 Å². The molecule has 0 radical (unpaired) electrons. The number of nitrogens with zero attached hydrogens (tertiary/aromatic N) is 2. The average molecular weight is 433 g/mol. The van der Waals surface area contributed by atoms with E-state index < -0.39 is 9.84 Å². The van der Waals surface area contributed by atoms with E-state index in [1.54, 1.807) is 36.4 Å². The maximum absolute atomic E-state index is 12.8. The number of carbonyl (C=O) groups excluding carboxylic acids is 1. The Kier molecular flexibility index (Phi) is 5.18. The number of hydrogen-bond acceptors (Lipinski definition) is 6. The number of hydrogen-bond donors (Lipinski definition) is 0. The molecule has 2 heterocycles. The monoisotopic (exact) mass is 432 g/mol. The third-order valence-corrected chi connectivity index (χ3v) is 6.67. The van der Waals surface area contributed by atoms with E-state index in [1.165, 1.54) is 17.6 Å². The maximum Gasteiger partial charge on any atom is 0.279 e. The van der Waals surface area contributed by atoms with Crippen molar-refractivity contribution in [2.45, 2.75) is 24.8 Å². The number of ether oxygens (including phenoxy) is 2. The molecule has 1 aliphatic rings. The van der Waals surface area contributed by atoms with Crippen molar-refractivity contribution in [3.8, 4) is 11.5 Å². The van der Waals surface area contributed by atoms with Gasteiger partial charge in [0.1, 0.15) is 13.2 Å². The second-order valence-electron chi connectivity index (χ2n) is 6.71. The molecule has 0 aliphatic carbocycles. The number of carbonyl (C=O) groups is 1. The molecule has 0 saturated carbocycles. The van der Waals surface area contributed by atoms with E-state index in [4.69, 9.17) is 9.47 Å². The lowest BCUT2D eigenvalue weighted by atomic mass is 10.2. The van der Waals surface area contributed by atoms with Crippen LogP contribution in [0.5, 0.6) is 11.5 Å². The van der Waals surface area contributed by atoms with Crippen molar-refractivity contribution >= 4 is 37.3 Å². The van der Waals surface area contributed by atoms with Crippen molar-refractivity contribution in [1.82, 2.24) is 4.57 Å². The molecule has 1 aromatic heterocycles. The normalized spacial score (nSPS) is 14.3. The van der Waals surface area contributed by atoms with Crippen LogP contribution in [0.25, 0.3) is 10.2 Å². The minimum atomic E-state index is -3.31. The van der Waals surface area contributed by atoms with Gasteiger partial charge in [0, 0.05) is 18.4 Å². The van der Waals surface area contributed by atoms with E-state index in [-0.39, 0.29) is 10.8 Å². The number of aromatic nitrogens is 1. The van der Waals surface area contributed by atoms with Gasteiger partial charge in [-0.3, -0.25) is 4.79 Å². The highest BCUT2D eigenvalue weighted by molar-refractivity contribution is 7.90. The van der Waals surface area contributed by atoms with E-state index in [2.05, 4.69) is 4.99 Å². The van der Waals surface area contributed by atoms with Crippen molar-refractivity contribution in [1.29, 1.82) is 0 Å². The molecule has 0 spiro atoms. The summed E-state index contributed by atoms with van der Waals surface area (Å²) >= 11 is 1.30. The van der Waals surface area contributed by atoms with E-state index in [0.29, 0.717) is 41.6 Å². The zero-order valence-electron chi connectivity index (χ0n) is 16.0. The van der Waals surface area contributed by atoms with Crippen molar-refractivity contribution < 1.29 is 22.7 Å². The molecular weight excluding hydrogens is 412 g/mol. The molecule has 4 rings (SSSR count). The molecule has 0 bridgehead atoms. The van der Waals surface area contributed by atoms with Gasteiger partial charge in [-0.25, -0.2) is 8.42 Å². The first-order chi connectivity index (χ1) is 13.9. The Morgan fingerprint density at radius 3 is 2.62 bits per heavy atom. The largest absolute Gasteiger partial charge is 0.486 e. The number of amides is 1. The molecule has 2 aromatic carbocycles. The average Bonchev–Trinajstić information content (AvgIpc) is 3.03. The van der Waals surface area contributed by atoms with Gasteiger partial charge in [-0.2, -0.15) is 4.99 Å². The summed E-state index contributed by atoms with van der Waals surface area (Å²) in [6.45, 7) is 3.63. The van der Waals surface area contributed by atoms with Gasteiger partial charge in [0.15, 0.2) is 26.1 Å². The summed E-state index contributed by atoms with van der Waals surface area (Å²) in [5.41, 5.74) is 1.27. The number of benzene rings is 2. The van der Waals surface area contributed by atoms with Gasteiger partial charge in [-0.15, -0.1) is 0 Å². The smallest absolute Gasteiger partial charge is 0.279 e. The van der Waals surface area contributed by atoms with Gasteiger partial charge in [-0.05, 0) is 42.8 Å². The quantitative estimate of drug-likeness (QED) is 0.632. The number of sulfone groups is 1. The highest BCUT2D eigenvalue weighted by Crippen LogP contribution is 2.31. The molecule has 1 aliphatic heterocycles. The Labute approximate surface area is 172 Å². The molecule has 0 unspecified atom stereocenters. The summed E-state index contributed by atoms with van der Waals surface area (Å²) in [6.07, 6.45) is 2.03. The minimum absolute atomic E-state index is 0.250. The Balaban J connectivity index is 1.80. The second kappa shape index (κ2) is 7.64. The lowest BCUT2D eigenvalue weighted by Crippen LogP contribution is -2.18. The number of thiazole rings is 1. The third kappa shape index (κ3) is 3.92. The summed E-state index contributed by atoms with van der Waals surface area (Å²) in [4.78, 5) is 17.9. The Bertz CT molecular complexity index is 1270. The Morgan fingerprint density at radius 2 is 1.90 bits per heavy atom. The van der Waals surface area contributed by atoms with Gasteiger partial charge in [-0.1, -0.05) is 18.3 Å². The van der Waals surface area contributed by atoms with Crippen LogP contribution < -0.4 is 14.3 Å². The SMILES string of the molecule is CCCn1c(=NC(=O)c2ccc3c(c2)OCCO3)sc2cc(S(C)(=O)=O)ccc21. The van der Waals surface area contributed by atoms with E-state index in [0.717, 1.165) is 16.6 Å². The fraction of sp³-hybridized carbons (Fsp3) is 0.300. The van der Waals surface area contributed by atoms with Gasteiger partial charge < -0.3 is 14.0 Å². The van der Waals surface area contributed by atoms with Gasteiger partial charge in [0.25, 0.3) is 5.91 Å². The lowest BCUT2D eigenvalue weighted by molar-refractivity contribution is 0.0996. The molecule has 0 N–H and O–H groups in total. The fourth-order valence-corrected chi connectivity index (χ4v) is 4.95. The van der Waals surface area contributed by atoms with Crippen LogP contribution >= 0.6 is 11.3 Å². The van der Waals surface area contributed by atoms with Crippen LogP contribution in [0.3, 0.4) is 0 Å². The van der Waals surface area contributed by atoms with E-state index in [1.807, 2.05) is 11.5 Å². The van der Waals surface area contributed by atoms with Crippen LogP contribution in [0.2, 0.25) is 0 Å². The molecule has 29 heavy (non-hydrogen) atoms. The van der Waals surface area contributed by atoms with Crippen molar-refractivity contribution in [2.24, 2.45) is 4.99 Å². The zero-order chi connectivity index (χ0) is 20.6. The third-order valence-electron chi connectivity index (χ3n) is 4.52. The zero-order valence-corrected chi connectivity index (χ0v) is 17.7. The molecule has 1 amide bonds. The lowest BCUT2D eigenvalue weighted by Gasteiger charge is -2.18. The van der Waals surface area contributed by atoms with E-state index in [9.17, 15) is 13.2 Å². The molecule has 0 fully saturated rings. The van der Waals surface area contributed by atoms with Crippen LogP contribution in [-0.2, 0) is 16.4 Å². The number of rotatable bonds is 4. The van der Waals surface area contributed by atoms with Crippen LogP contribution in [0, 0.1) is 0 Å². The Hall–Kier alpha value is -2.65. The van der Waals surface area contributed by atoms with Gasteiger partial charge >= 0.3 is 0 Å². The van der Waals surface area contributed by atoms with Gasteiger partial charge in [0.05, 0.1) is 15.1 Å². The van der Waals surface area contributed by atoms with Crippen LogP contribution in [-0.4, -0.2) is 38.4 Å². The topological polar surface area (TPSA) is 87.0 Å².